The van der Waals surface area contributed by atoms with Gasteiger partial charge in [0, 0.05) is 23.6 Å². The summed E-state index contributed by atoms with van der Waals surface area (Å²) in [7, 11) is 0. The normalized spacial score (nSPS) is 19.7. The Morgan fingerprint density at radius 3 is 2.95 bits per heavy atom. The highest BCUT2D eigenvalue weighted by atomic mass is 35.5. The Labute approximate surface area is 129 Å². The van der Waals surface area contributed by atoms with Crippen LogP contribution in [0, 0.1) is 18.7 Å². The van der Waals surface area contributed by atoms with Gasteiger partial charge in [0.1, 0.15) is 18.2 Å². The molecule has 1 aliphatic rings. The van der Waals surface area contributed by atoms with Crippen LogP contribution < -0.4 is 10.2 Å². The van der Waals surface area contributed by atoms with Crippen molar-refractivity contribution in [3.8, 4) is 5.75 Å². The third kappa shape index (κ3) is 3.47. The summed E-state index contributed by atoms with van der Waals surface area (Å²) >= 11 is 6.21. The maximum absolute atomic E-state index is 14.6. The van der Waals surface area contributed by atoms with Gasteiger partial charge in [-0.3, -0.25) is 0 Å². The van der Waals surface area contributed by atoms with E-state index in [0.717, 1.165) is 13.0 Å². The predicted octanol–water partition coefficient (Wildman–Crippen LogP) is 2.88. The monoisotopic (exact) mass is 314 g/mol. The van der Waals surface area contributed by atoms with Gasteiger partial charge in [0.15, 0.2) is 0 Å². The molecule has 1 aromatic carbocycles. The van der Waals surface area contributed by atoms with Crippen molar-refractivity contribution >= 4 is 17.3 Å². The van der Waals surface area contributed by atoms with Crippen LogP contribution >= 0.6 is 11.6 Å². The van der Waals surface area contributed by atoms with Gasteiger partial charge in [-0.1, -0.05) is 18.5 Å². The van der Waals surface area contributed by atoms with Gasteiger partial charge in [0.05, 0.1) is 16.8 Å². The number of rotatable bonds is 4. The number of hydrazone groups is 1. The number of benzene rings is 1. The zero-order valence-corrected chi connectivity index (χ0v) is 13.2. The van der Waals surface area contributed by atoms with Crippen molar-refractivity contribution in [3.05, 3.63) is 28.0 Å². The molecule has 4 nitrogen and oxygen atoms in total. The number of ether oxygens (including phenoxy) is 1. The molecule has 1 heterocycles. The number of nitrogens with one attached hydrogen (secondary N) is 1. The molecule has 0 spiro atoms. The van der Waals surface area contributed by atoms with Gasteiger partial charge in [-0.25, -0.2) is 4.39 Å². The van der Waals surface area contributed by atoms with Crippen LogP contribution in [0.15, 0.2) is 11.2 Å². The lowest BCUT2D eigenvalue weighted by atomic mass is 9.93. The highest BCUT2D eigenvalue weighted by Crippen LogP contribution is 2.34. The average molecular weight is 315 g/mol. The molecule has 6 heteroatoms. The molecule has 0 saturated carbocycles. The molecule has 21 heavy (non-hydrogen) atoms. The SMILES string of the molecule is Cc1c(F)c(C2=NNCCC2C)cc(Cl)c1OCC(C)O. The van der Waals surface area contributed by atoms with E-state index < -0.39 is 6.10 Å². The van der Waals surface area contributed by atoms with Gasteiger partial charge >= 0.3 is 0 Å². The van der Waals surface area contributed by atoms with Crippen LogP contribution in [-0.2, 0) is 0 Å². The first-order valence-electron chi connectivity index (χ1n) is 7.02. The quantitative estimate of drug-likeness (QED) is 0.898. The number of nitrogens with zero attached hydrogens (tertiary/aromatic N) is 1. The zero-order valence-electron chi connectivity index (χ0n) is 12.4. The third-order valence-corrected chi connectivity index (χ3v) is 3.78. The molecular formula is C15H20ClFN2O2. The summed E-state index contributed by atoms with van der Waals surface area (Å²) in [6, 6.07) is 1.55. The lowest BCUT2D eigenvalue weighted by Crippen LogP contribution is -2.28. The summed E-state index contributed by atoms with van der Waals surface area (Å²) in [6.07, 6.45) is 0.255. The fourth-order valence-electron chi connectivity index (χ4n) is 2.30. The largest absolute Gasteiger partial charge is 0.489 e. The second-order valence-corrected chi connectivity index (χ2v) is 5.84. The van der Waals surface area contributed by atoms with E-state index in [2.05, 4.69) is 10.5 Å². The highest BCUT2D eigenvalue weighted by Gasteiger charge is 2.24. The van der Waals surface area contributed by atoms with Gasteiger partial charge in [-0.2, -0.15) is 5.10 Å². The van der Waals surface area contributed by atoms with Gasteiger partial charge in [-0.05, 0) is 26.3 Å². The summed E-state index contributed by atoms with van der Waals surface area (Å²) in [5.41, 5.74) is 4.31. The molecule has 0 saturated heterocycles. The minimum absolute atomic E-state index is 0.0677. The molecule has 0 fully saturated rings. The minimum Gasteiger partial charge on any atom is -0.489 e. The van der Waals surface area contributed by atoms with Crippen LogP contribution in [0.25, 0.3) is 0 Å². The number of halogens is 2. The summed E-state index contributed by atoms with van der Waals surface area (Å²) in [6.45, 7) is 6.08. The number of aliphatic hydroxyl groups excluding tert-OH is 1. The molecule has 116 valence electrons. The van der Waals surface area contributed by atoms with Gasteiger partial charge in [-0.15, -0.1) is 0 Å². The van der Waals surface area contributed by atoms with Crippen LogP contribution in [-0.4, -0.2) is 30.1 Å². The van der Waals surface area contributed by atoms with Crippen molar-refractivity contribution in [2.24, 2.45) is 11.0 Å². The zero-order chi connectivity index (χ0) is 15.6. The number of hydrogen-bond donors (Lipinski definition) is 2. The van der Waals surface area contributed by atoms with Crippen molar-refractivity contribution in [2.75, 3.05) is 13.2 Å². The Balaban J connectivity index is 2.40. The Kier molecular flexibility index (Phi) is 5.06. The van der Waals surface area contributed by atoms with E-state index in [4.69, 9.17) is 16.3 Å². The highest BCUT2D eigenvalue weighted by molar-refractivity contribution is 6.32. The second-order valence-electron chi connectivity index (χ2n) is 5.43. The second kappa shape index (κ2) is 6.62. The van der Waals surface area contributed by atoms with Crippen molar-refractivity contribution in [2.45, 2.75) is 33.3 Å². The molecule has 2 rings (SSSR count). The maximum Gasteiger partial charge on any atom is 0.143 e. The van der Waals surface area contributed by atoms with Gasteiger partial charge in [0.2, 0.25) is 0 Å². The Bertz CT molecular complexity index is 561. The van der Waals surface area contributed by atoms with Crippen LogP contribution in [0.5, 0.6) is 5.75 Å². The van der Waals surface area contributed by atoms with Crippen molar-refractivity contribution in [1.82, 2.24) is 5.43 Å². The molecule has 0 bridgehead atoms. The van der Waals surface area contributed by atoms with E-state index in [1.165, 1.54) is 0 Å². The Morgan fingerprint density at radius 1 is 1.62 bits per heavy atom. The van der Waals surface area contributed by atoms with Gasteiger partial charge < -0.3 is 15.3 Å². The average Bonchev–Trinajstić information content (AvgIpc) is 2.43. The molecule has 1 aliphatic heterocycles. The molecule has 1 aromatic rings. The van der Waals surface area contributed by atoms with Crippen LogP contribution in [0.3, 0.4) is 0 Å². The number of hydrogen-bond acceptors (Lipinski definition) is 4. The summed E-state index contributed by atoms with van der Waals surface area (Å²) in [5.74, 6) is 0.0607. The summed E-state index contributed by atoms with van der Waals surface area (Å²) in [4.78, 5) is 0. The van der Waals surface area contributed by atoms with Crippen LogP contribution in [0.1, 0.15) is 31.4 Å². The van der Waals surface area contributed by atoms with E-state index in [1.54, 1.807) is 19.9 Å². The first kappa shape index (κ1) is 16.0. The standard InChI is InChI=1S/C15H20ClFN2O2/c1-8-4-5-18-19-14(8)11-6-12(16)15(10(3)13(11)17)21-7-9(2)20/h6,8-9,18,20H,4-5,7H2,1-3H3. The minimum atomic E-state index is -0.643. The molecule has 2 unspecified atom stereocenters. The van der Waals surface area contributed by atoms with Crippen LogP contribution in [0.2, 0.25) is 5.02 Å². The Hall–Kier alpha value is -1.33. The fourth-order valence-corrected chi connectivity index (χ4v) is 2.60. The van der Waals surface area contributed by atoms with E-state index in [1.807, 2.05) is 6.92 Å². The molecule has 0 aliphatic carbocycles. The first-order valence-corrected chi connectivity index (χ1v) is 7.39. The van der Waals surface area contributed by atoms with Crippen LogP contribution in [0.4, 0.5) is 4.39 Å². The predicted molar refractivity (Wildman–Crippen MR) is 81.6 cm³/mol. The van der Waals surface area contributed by atoms with Crippen molar-refractivity contribution < 1.29 is 14.2 Å². The third-order valence-electron chi connectivity index (χ3n) is 3.49. The molecule has 0 amide bonds. The first-order chi connectivity index (χ1) is 9.91. The summed E-state index contributed by atoms with van der Waals surface area (Å²) in [5, 5.41) is 13.8. The Morgan fingerprint density at radius 2 is 2.33 bits per heavy atom. The molecule has 2 N–H and O–H groups in total. The molecule has 2 atom stereocenters. The van der Waals surface area contributed by atoms with Crippen molar-refractivity contribution in [3.63, 3.8) is 0 Å². The van der Waals surface area contributed by atoms with E-state index >= 15 is 0 Å². The lowest BCUT2D eigenvalue weighted by molar-refractivity contribution is 0.122. The molecular weight excluding hydrogens is 295 g/mol. The van der Waals surface area contributed by atoms with Gasteiger partial charge in [0.25, 0.3) is 0 Å². The molecule has 0 radical (unpaired) electrons. The summed E-state index contributed by atoms with van der Waals surface area (Å²) < 4.78 is 20.0. The molecule has 0 aromatic heterocycles. The van der Waals surface area contributed by atoms with E-state index in [-0.39, 0.29) is 24.1 Å². The smallest absolute Gasteiger partial charge is 0.143 e. The van der Waals surface area contributed by atoms with E-state index in [9.17, 15) is 9.50 Å². The number of aliphatic hydroxyl groups is 1. The lowest BCUT2D eigenvalue weighted by Gasteiger charge is -2.22. The maximum atomic E-state index is 14.6. The van der Waals surface area contributed by atoms with Crippen molar-refractivity contribution in [1.29, 1.82) is 0 Å². The van der Waals surface area contributed by atoms with E-state index in [0.29, 0.717) is 21.9 Å². The fraction of sp³-hybridized carbons (Fsp3) is 0.533. The topological polar surface area (TPSA) is 53.9 Å².